The number of thioether (sulfide) groups is 1. The maximum Gasteiger partial charge on any atom is 0.422 e. The van der Waals surface area contributed by atoms with Gasteiger partial charge in [-0.05, 0) is 73.4 Å². The molecule has 1 heterocycles. The zero-order valence-corrected chi connectivity index (χ0v) is 34.0. The molecular formula is C46H49ClN4O5S. The standard InChI is InChI=1S/C46H49ClN4O5S/c1-45(2,3)56-44(54)50-51(28-14-30-57-46(33-15-7-4-8-16-33,34-17-9-5-10-18-34)35-19-11-6-12-20-35)40-27-29-55-41-37(40)21-13-22-38(41)43(53)49-39(42(48)52)31-32-23-25-36(47)26-24-32/h4-13,15-26,39-40H,14,27-31H2,1-3H3,(H2,48,52)(H,49,53)(H,50,54)/t39-,40-/m0/s1. The van der Waals surface area contributed by atoms with Gasteiger partial charge in [0.1, 0.15) is 17.4 Å². The Bertz CT molecular complexity index is 2020. The van der Waals surface area contributed by atoms with E-state index in [9.17, 15) is 14.4 Å². The van der Waals surface area contributed by atoms with Crippen molar-refractivity contribution < 1.29 is 23.9 Å². The summed E-state index contributed by atoms with van der Waals surface area (Å²) in [5.41, 5.74) is 13.4. The largest absolute Gasteiger partial charge is 0.492 e. The number of ether oxygens (including phenoxy) is 2. The molecule has 11 heteroatoms. The molecule has 9 nitrogen and oxygen atoms in total. The van der Waals surface area contributed by atoms with E-state index in [2.05, 4.69) is 83.5 Å². The molecule has 296 valence electrons. The average molecular weight is 805 g/mol. The van der Waals surface area contributed by atoms with Gasteiger partial charge in [0.15, 0.2) is 0 Å². The molecule has 5 aromatic carbocycles. The monoisotopic (exact) mass is 804 g/mol. The molecule has 57 heavy (non-hydrogen) atoms. The number of hydrogen-bond acceptors (Lipinski definition) is 7. The summed E-state index contributed by atoms with van der Waals surface area (Å²) in [7, 11) is 0. The zero-order chi connectivity index (χ0) is 40.4. The van der Waals surface area contributed by atoms with Gasteiger partial charge in [-0.1, -0.05) is 127 Å². The molecule has 0 bridgehead atoms. The van der Waals surface area contributed by atoms with Gasteiger partial charge in [-0.3, -0.25) is 15.0 Å². The van der Waals surface area contributed by atoms with Crippen LogP contribution in [0.3, 0.4) is 0 Å². The first-order chi connectivity index (χ1) is 27.4. The van der Waals surface area contributed by atoms with Crippen LogP contribution in [0.4, 0.5) is 4.79 Å². The van der Waals surface area contributed by atoms with Gasteiger partial charge in [0.25, 0.3) is 5.91 Å². The number of nitrogens with zero attached hydrogens (tertiary/aromatic N) is 1. The van der Waals surface area contributed by atoms with Crippen LogP contribution in [0.1, 0.15) is 77.8 Å². The van der Waals surface area contributed by atoms with Crippen LogP contribution in [-0.4, -0.2) is 53.5 Å². The zero-order valence-electron chi connectivity index (χ0n) is 32.5. The Morgan fingerprint density at radius 3 is 1.96 bits per heavy atom. The summed E-state index contributed by atoms with van der Waals surface area (Å²) in [6.07, 6.45) is 0.870. The van der Waals surface area contributed by atoms with E-state index in [1.54, 1.807) is 36.4 Å². The highest BCUT2D eigenvalue weighted by Crippen LogP contribution is 2.49. The highest BCUT2D eigenvalue weighted by Gasteiger charge is 2.37. The molecular weight excluding hydrogens is 756 g/mol. The van der Waals surface area contributed by atoms with Gasteiger partial charge >= 0.3 is 6.09 Å². The van der Waals surface area contributed by atoms with Gasteiger partial charge in [-0.15, -0.1) is 11.8 Å². The second kappa shape index (κ2) is 18.8. The number of amides is 3. The first-order valence-electron chi connectivity index (χ1n) is 19.1. The molecule has 0 aliphatic carbocycles. The molecule has 2 atom stereocenters. The third kappa shape index (κ3) is 10.4. The Balaban J connectivity index is 1.26. The van der Waals surface area contributed by atoms with Gasteiger partial charge in [-0.25, -0.2) is 9.80 Å². The van der Waals surface area contributed by atoms with Crippen molar-refractivity contribution in [3.63, 3.8) is 0 Å². The summed E-state index contributed by atoms with van der Waals surface area (Å²) in [6.45, 7) is 6.25. The lowest BCUT2D eigenvalue weighted by Gasteiger charge is -2.37. The molecule has 0 fully saturated rings. The third-order valence-corrected chi connectivity index (χ3v) is 11.6. The van der Waals surface area contributed by atoms with Crippen LogP contribution in [0.15, 0.2) is 133 Å². The van der Waals surface area contributed by atoms with Crippen molar-refractivity contribution >= 4 is 41.3 Å². The van der Waals surface area contributed by atoms with E-state index >= 15 is 0 Å². The van der Waals surface area contributed by atoms with Crippen molar-refractivity contribution in [3.8, 4) is 5.75 Å². The number of hydrazine groups is 1. The Kier molecular flexibility index (Phi) is 13.6. The topological polar surface area (TPSA) is 123 Å². The van der Waals surface area contributed by atoms with Crippen molar-refractivity contribution in [1.29, 1.82) is 0 Å². The molecule has 0 spiro atoms. The Hall–Kier alpha value is -5.29. The van der Waals surface area contributed by atoms with E-state index in [4.69, 9.17) is 26.8 Å². The number of nitrogens with one attached hydrogen (secondary N) is 2. The Labute approximate surface area is 344 Å². The molecule has 0 unspecified atom stereocenters. The summed E-state index contributed by atoms with van der Waals surface area (Å²) in [5, 5.41) is 5.28. The van der Waals surface area contributed by atoms with Crippen LogP contribution >= 0.6 is 23.4 Å². The number of rotatable bonds is 15. The predicted molar refractivity (Wildman–Crippen MR) is 227 cm³/mol. The minimum atomic E-state index is -0.966. The molecule has 0 radical (unpaired) electrons. The van der Waals surface area contributed by atoms with Gasteiger partial charge < -0.3 is 20.5 Å². The summed E-state index contributed by atoms with van der Waals surface area (Å²) >= 11 is 7.90. The maximum atomic E-state index is 13.8. The fourth-order valence-electron chi connectivity index (χ4n) is 7.16. The number of para-hydroxylation sites is 1. The van der Waals surface area contributed by atoms with E-state index in [1.165, 1.54) is 16.7 Å². The molecule has 3 amide bonds. The minimum absolute atomic E-state index is 0.197. The summed E-state index contributed by atoms with van der Waals surface area (Å²) in [6, 6.07) is 42.7. The molecule has 0 aromatic heterocycles. The maximum absolute atomic E-state index is 13.8. The van der Waals surface area contributed by atoms with E-state index in [0.717, 1.165) is 16.9 Å². The number of halogens is 1. The van der Waals surface area contributed by atoms with Gasteiger partial charge in [0.05, 0.1) is 23.0 Å². The van der Waals surface area contributed by atoms with Crippen molar-refractivity contribution in [3.05, 3.63) is 172 Å². The minimum Gasteiger partial charge on any atom is -0.492 e. The fourth-order valence-corrected chi connectivity index (χ4v) is 8.77. The van der Waals surface area contributed by atoms with Crippen LogP contribution in [0.25, 0.3) is 0 Å². The summed E-state index contributed by atoms with van der Waals surface area (Å²) in [5.74, 6) is -0.0236. The van der Waals surface area contributed by atoms with Gasteiger partial charge in [-0.2, -0.15) is 0 Å². The molecule has 5 aromatic rings. The number of carbonyl (C=O) groups is 3. The first-order valence-corrected chi connectivity index (χ1v) is 20.5. The normalized spacial score (nSPS) is 14.5. The summed E-state index contributed by atoms with van der Waals surface area (Å²) < 4.78 is 11.4. The van der Waals surface area contributed by atoms with Gasteiger partial charge in [0.2, 0.25) is 5.91 Å². The van der Waals surface area contributed by atoms with Crippen LogP contribution in [0, 0.1) is 0 Å². The SMILES string of the molecule is CC(C)(C)OC(=O)NN(CCCSC(c1ccccc1)(c1ccccc1)c1ccccc1)[C@H]1CCOc2c(C(=O)N[C@@H](Cc3ccc(Cl)cc3)C(N)=O)cccc21. The number of primary amides is 1. The van der Waals surface area contributed by atoms with Crippen LogP contribution in [0.5, 0.6) is 5.75 Å². The van der Waals surface area contributed by atoms with Crippen molar-refractivity contribution in [2.75, 3.05) is 18.9 Å². The highest BCUT2D eigenvalue weighted by atomic mass is 35.5. The molecule has 6 rings (SSSR count). The van der Waals surface area contributed by atoms with E-state index in [0.29, 0.717) is 36.8 Å². The number of fused-ring (bicyclic) bond motifs is 1. The highest BCUT2D eigenvalue weighted by molar-refractivity contribution is 8.00. The first kappa shape index (κ1) is 41.3. The lowest BCUT2D eigenvalue weighted by molar-refractivity contribution is -0.119. The quantitative estimate of drug-likeness (QED) is 0.0549. The van der Waals surface area contributed by atoms with E-state index in [-0.39, 0.29) is 18.0 Å². The summed E-state index contributed by atoms with van der Waals surface area (Å²) in [4.78, 5) is 39.7. The second-order valence-corrected chi connectivity index (χ2v) is 16.7. The number of carbonyl (C=O) groups excluding carboxylic acids is 3. The Morgan fingerprint density at radius 1 is 0.842 bits per heavy atom. The van der Waals surface area contributed by atoms with Crippen LogP contribution < -0.4 is 21.2 Å². The number of nitrogens with two attached hydrogens (primary N) is 1. The van der Waals surface area contributed by atoms with Crippen LogP contribution in [-0.2, 0) is 20.7 Å². The Morgan fingerprint density at radius 2 is 1.42 bits per heavy atom. The average Bonchev–Trinajstić information content (AvgIpc) is 3.21. The predicted octanol–water partition coefficient (Wildman–Crippen LogP) is 8.85. The second-order valence-electron chi connectivity index (χ2n) is 14.9. The van der Waals surface area contributed by atoms with Crippen molar-refractivity contribution in [2.24, 2.45) is 5.73 Å². The lowest BCUT2D eigenvalue weighted by Crippen LogP contribution is -2.48. The van der Waals surface area contributed by atoms with E-state index in [1.807, 2.05) is 61.8 Å². The van der Waals surface area contributed by atoms with Crippen molar-refractivity contribution in [1.82, 2.24) is 15.8 Å². The van der Waals surface area contributed by atoms with Crippen LogP contribution in [0.2, 0.25) is 5.02 Å². The fraction of sp³-hybridized carbons (Fsp3) is 0.283. The number of benzene rings is 5. The molecule has 1 aliphatic rings. The number of hydrogen-bond donors (Lipinski definition) is 3. The smallest absolute Gasteiger partial charge is 0.422 e. The molecule has 0 saturated carbocycles. The van der Waals surface area contributed by atoms with Crippen molar-refractivity contribution in [2.45, 2.75) is 62.5 Å². The molecule has 1 aliphatic heterocycles. The molecule has 0 saturated heterocycles. The van der Waals surface area contributed by atoms with E-state index < -0.39 is 34.3 Å². The third-order valence-electron chi connectivity index (χ3n) is 9.70. The van der Waals surface area contributed by atoms with Gasteiger partial charge in [0, 0.05) is 30.0 Å². The molecule has 4 N–H and O–H groups in total. The lowest BCUT2D eigenvalue weighted by atomic mass is 9.84.